The number of carbonyl (C=O) groups excluding carboxylic acids is 1. The van der Waals surface area contributed by atoms with Crippen molar-refractivity contribution < 1.29 is 19.1 Å². The number of carboxylic acids is 1. The molecule has 0 aliphatic carbocycles. The van der Waals surface area contributed by atoms with Crippen molar-refractivity contribution in [2.45, 2.75) is 72.1 Å². The fourth-order valence-electron chi connectivity index (χ4n) is 5.52. The fraction of sp³-hybridized carbons (Fsp3) is 0.469. The number of benzene rings is 1. The number of hydrogen-bond donors (Lipinski definition) is 2. The van der Waals surface area contributed by atoms with E-state index in [0.717, 1.165) is 38.3 Å². The minimum absolute atomic E-state index is 0.111. The largest absolute Gasteiger partial charge is 0.481 e. The zero-order valence-corrected chi connectivity index (χ0v) is 25.3. The van der Waals surface area contributed by atoms with E-state index >= 15 is 0 Å². The molecule has 220 valence electrons. The Bertz CT molecular complexity index is 1440. The van der Waals surface area contributed by atoms with Crippen LogP contribution in [0, 0.1) is 26.7 Å². The summed E-state index contributed by atoms with van der Waals surface area (Å²) in [5, 5.41) is 14.6. The van der Waals surface area contributed by atoms with Crippen LogP contribution in [0.3, 0.4) is 0 Å². The second-order valence-electron chi connectivity index (χ2n) is 11.6. The summed E-state index contributed by atoms with van der Waals surface area (Å²) in [5.41, 5.74) is 5.59. The lowest BCUT2D eigenvalue weighted by atomic mass is 9.98. The number of nitrogens with zero attached hydrogens (tertiary/aromatic N) is 2. The number of aromatic nitrogens is 1. The molecule has 2 aromatic heterocycles. The highest BCUT2D eigenvalue weighted by Crippen LogP contribution is 2.35. The fourth-order valence-corrected chi connectivity index (χ4v) is 6.65. The zero-order valence-electron chi connectivity index (χ0n) is 24.4. The maximum absolute atomic E-state index is 13.8. The molecule has 0 spiro atoms. The van der Waals surface area contributed by atoms with Crippen molar-refractivity contribution in [3.05, 3.63) is 80.1 Å². The molecule has 0 bridgehead atoms. The lowest BCUT2D eigenvalue weighted by molar-refractivity contribution is -0.138. The number of amides is 1. The van der Waals surface area contributed by atoms with Crippen LogP contribution in [0.2, 0.25) is 0 Å². The average Bonchev–Trinajstić information content (AvgIpc) is 3.34. The van der Waals surface area contributed by atoms with Gasteiger partial charge in [-0.05, 0) is 84.4 Å². The topological polar surface area (TPSA) is 91.6 Å². The van der Waals surface area contributed by atoms with Crippen LogP contribution in [0.25, 0.3) is 10.4 Å². The first-order chi connectivity index (χ1) is 19.4. The Morgan fingerprint density at radius 1 is 1.12 bits per heavy atom. The number of rotatable bonds is 12. The lowest BCUT2D eigenvalue weighted by Crippen LogP contribution is -2.49. The maximum atomic E-state index is 13.8. The molecule has 2 N–H and O–H groups in total. The first-order valence-electron chi connectivity index (χ1n) is 14.2. The van der Waals surface area contributed by atoms with Crippen molar-refractivity contribution in [1.82, 2.24) is 14.8 Å². The SMILES string of the molecule is Cc1cc(=O)n([C@@H](CC(C)C)C(=O)N[C@H](CC(=O)O)c2csc(-c3c(C)cccc3C)c2)cc1CCN1CC(F)C1. The molecule has 1 aliphatic heterocycles. The molecule has 7 nitrogen and oxygen atoms in total. The Hall–Kier alpha value is -3.30. The minimum atomic E-state index is -1.02. The number of carboxylic acid groups (broad SMARTS) is 1. The Kier molecular flexibility index (Phi) is 9.81. The van der Waals surface area contributed by atoms with Gasteiger partial charge in [0.15, 0.2) is 0 Å². The molecule has 1 fully saturated rings. The van der Waals surface area contributed by atoms with E-state index in [0.29, 0.717) is 32.5 Å². The Morgan fingerprint density at radius 3 is 2.41 bits per heavy atom. The molecular formula is C32H40FN3O4S. The number of thiophene rings is 1. The number of halogens is 1. The molecule has 1 aromatic carbocycles. The number of hydrogen-bond acceptors (Lipinski definition) is 5. The molecule has 0 saturated carbocycles. The van der Waals surface area contributed by atoms with Gasteiger partial charge in [0.25, 0.3) is 5.56 Å². The summed E-state index contributed by atoms with van der Waals surface area (Å²) < 4.78 is 14.8. The molecule has 0 radical (unpaired) electrons. The molecule has 1 amide bonds. The number of carbonyl (C=O) groups is 2. The van der Waals surface area contributed by atoms with E-state index < -0.39 is 24.2 Å². The van der Waals surface area contributed by atoms with Crippen LogP contribution in [-0.2, 0) is 16.0 Å². The number of pyridine rings is 1. The summed E-state index contributed by atoms with van der Waals surface area (Å²) in [6, 6.07) is 8.06. The summed E-state index contributed by atoms with van der Waals surface area (Å²) in [4.78, 5) is 41.9. The van der Waals surface area contributed by atoms with Gasteiger partial charge in [0, 0.05) is 36.8 Å². The predicted molar refractivity (Wildman–Crippen MR) is 161 cm³/mol. The third kappa shape index (κ3) is 7.51. The Morgan fingerprint density at radius 2 is 1.80 bits per heavy atom. The van der Waals surface area contributed by atoms with Crippen molar-refractivity contribution in [3.63, 3.8) is 0 Å². The first-order valence-corrected chi connectivity index (χ1v) is 15.1. The zero-order chi connectivity index (χ0) is 29.8. The van der Waals surface area contributed by atoms with E-state index in [1.807, 2.05) is 69.2 Å². The van der Waals surface area contributed by atoms with Crippen molar-refractivity contribution in [1.29, 1.82) is 0 Å². The van der Waals surface area contributed by atoms with Crippen LogP contribution in [0.4, 0.5) is 4.39 Å². The van der Waals surface area contributed by atoms with Gasteiger partial charge in [0.2, 0.25) is 5.91 Å². The number of alkyl halides is 1. The van der Waals surface area contributed by atoms with E-state index in [2.05, 4.69) is 5.32 Å². The molecule has 4 rings (SSSR count). The second-order valence-corrected chi connectivity index (χ2v) is 12.6. The summed E-state index contributed by atoms with van der Waals surface area (Å²) in [6.07, 6.45) is 1.77. The van der Waals surface area contributed by atoms with E-state index in [1.54, 1.807) is 12.3 Å². The molecule has 41 heavy (non-hydrogen) atoms. The average molecular weight is 582 g/mol. The number of aliphatic carboxylic acids is 1. The van der Waals surface area contributed by atoms with Gasteiger partial charge in [-0.3, -0.25) is 19.3 Å². The van der Waals surface area contributed by atoms with E-state index in [4.69, 9.17) is 0 Å². The van der Waals surface area contributed by atoms with Gasteiger partial charge in [-0.2, -0.15) is 0 Å². The molecule has 9 heteroatoms. The van der Waals surface area contributed by atoms with Gasteiger partial charge in [-0.15, -0.1) is 11.3 Å². The summed E-state index contributed by atoms with van der Waals surface area (Å²) in [5.74, 6) is -1.30. The van der Waals surface area contributed by atoms with Crippen LogP contribution < -0.4 is 10.9 Å². The third-order valence-electron chi connectivity index (χ3n) is 7.78. The second kappa shape index (κ2) is 13.1. The summed E-state index contributed by atoms with van der Waals surface area (Å²) >= 11 is 1.52. The van der Waals surface area contributed by atoms with Gasteiger partial charge < -0.3 is 15.0 Å². The van der Waals surface area contributed by atoms with Crippen molar-refractivity contribution in [2.24, 2.45) is 5.92 Å². The standard InChI is InChI=1S/C32H40FN3O4S/c1-19(2)11-27(36-15-23(22(5)12-29(36)37)9-10-35-16-25(33)17-35)32(40)34-26(14-30(38)39)24-13-28(41-18-24)31-20(3)7-6-8-21(31)4/h6-8,12-13,15,18-19,25-27H,9-11,14,16-17H2,1-5H3,(H,34,40)(H,38,39)/t26-,27+/m1/s1. The van der Waals surface area contributed by atoms with Gasteiger partial charge in [-0.25, -0.2) is 4.39 Å². The number of nitrogens with one attached hydrogen (secondary N) is 1. The van der Waals surface area contributed by atoms with Crippen LogP contribution in [0.5, 0.6) is 0 Å². The molecule has 3 heterocycles. The maximum Gasteiger partial charge on any atom is 0.305 e. The van der Waals surface area contributed by atoms with Crippen LogP contribution in [0.15, 0.2) is 46.7 Å². The Labute approximate surface area is 245 Å². The monoisotopic (exact) mass is 581 g/mol. The molecule has 3 aromatic rings. The van der Waals surface area contributed by atoms with Gasteiger partial charge >= 0.3 is 5.97 Å². The van der Waals surface area contributed by atoms with Gasteiger partial charge in [-0.1, -0.05) is 32.0 Å². The number of likely N-dealkylation sites (tertiary alicyclic amines) is 1. The highest BCUT2D eigenvalue weighted by molar-refractivity contribution is 7.13. The molecule has 1 aliphatic rings. The minimum Gasteiger partial charge on any atom is -0.481 e. The molecule has 1 saturated heterocycles. The van der Waals surface area contributed by atoms with E-state index in [9.17, 15) is 23.9 Å². The van der Waals surface area contributed by atoms with Crippen LogP contribution >= 0.6 is 11.3 Å². The van der Waals surface area contributed by atoms with Crippen molar-refractivity contribution >= 4 is 23.2 Å². The summed E-state index contributed by atoms with van der Waals surface area (Å²) in [7, 11) is 0. The van der Waals surface area contributed by atoms with Crippen molar-refractivity contribution in [3.8, 4) is 10.4 Å². The van der Waals surface area contributed by atoms with Gasteiger partial charge in [0.05, 0.1) is 12.5 Å². The first kappa shape index (κ1) is 30.7. The molecule has 2 atom stereocenters. The van der Waals surface area contributed by atoms with Crippen LogP contribution in [0.1, 0.15) is 66.6 Å². The Balaban J connectivity index is 1.61. The third-order valence-corrected chi connectivity index (χ3v) is 8.75. The lowest BCUT2D eigenvalue weighted by Gasteiger charge is -2.34. The van der Waals surface area contributed by atoms with Crippen molar-refractivity contribution in [2.75, 3.05) is 19.6 Å². The van der Waals surface area contributed by atoms with Crippen LogP contribution in [-0.4, -0.2) is 52.3 Å². The number of aryl methyl sites for hydroxylation is 3. The van der Waals surface area contributed by atoms with E-state index in [-0.39, 0.29) is 23.8 Å². The highest BCUT2D eigenvalue weighted by Gasteiger charge is 2.29. The normalized spacial score (nSPS) is 15.5. The van der Waals surface area contributed by atoms with E-state index in [1.165, 1.54) is 15.9 Å². The smallest absolute Gasteiger partial charge is 0.305 e. The molecular weight excluding hydrogens is 541 g/mol. The quantitative estimate of drug-likeness (QED) is 0.290. The molecule has 0 unspecified atom stereocenters. The highest BCUT2D eigenvalue weighted by atomic mass is 32.1. The van der Waals surface area contributed by atoms with Gasteiger partial charge in [0.1, 0.15) is 12.2 Å². The summed E-state index contributed by atoms with van der Waals surface area (Å²) in [6.45, 7) is 11.5. The predicted octanol–water partition coefficient (Wildman–Crippen LogP) is 5.62.